The molecule has 0 aromatic rings. The van der Waals surface area contributed by atoms with Gasteiger partial charge in [0.1, 0.15) is 5.78 Å². The van der Waals surface area contributed by atoms with Gasteiger partial charge in [-0.25, -0.2) is 0 Å². The summed E-state index contributed by atoms with van der Waals surface area (Å²) in [6, 6.07) is 0.154. The molecule has 0 unspecified atom stereocenters. The van der Waals surface area contributed by atoms with Gasteiger partial charge in [-0.15, -0.1) is 0 Å². The van der Waals surface area contributed by atoms with Gasteiger partial charge in [-0.05, 0) is 25.4 Å². The Kier molecular flexibility index (Phi) is 8.54. The molecule has 0 aromatic carbocycles. The third kappa shape index (κ3) is 5.11. The van der Waals surface area contributed by atoms with Crippen molar-refractivity contribution in [2.24, 2.45) is 5.92 Å². The van der Waals surface area contributed by atoms with Crippen LogP contribution in [0.15, 0.2) is 0 Å². The smallest absolute Gasteiger partial charge is 0.149 e. The molecule has 0 saturated heterocycles. The van der Waals surface area contributed by atoms with E-state index in [4.69, 9.17) is 0 Å². The molecular weight excluding hydrogens is 198 g/mol. The Hall–Kier alpha value is -0.370. The molecule has 0 amide bonds. The summed E-state index contributed by atoms with van der Waals surface area (Å²) in [5.74, 6) is 1.07. The Morgan fingerprint density at radius 2 is 1.69 bits per heavy atom. The number of likely N-dealkylation sites (N-methyl/N-ethyl adjacent to an activating group) is 1. The second-order valence-electron chi connectivity index (χ2n) is 4.69. The van der Waals surface area contributed by atoms with Crippen molar-refractivity contribution in [2.75, 3.05) is 13.1 Å². The first-order chi connectivity index (χ1) is 7.60. The molecule has 2 atom stereocenters. The molecule has 2 nitrogen and oxygen atoms in total. The fourth-order valence-electron chi connectivity index (χ4n) is 2.38. The van der Waals surface area contributed by atoms with Gasteiger partial charge in [0.2, 0.25) is 0 Å². The number of carbonyl (C=O) groups excluding carboxylic acids is 1. The molecule has 0 spiro atoms. The third-order valence-electron chi connectivity index (χ3n) is 3.38. The van der Waals surface area contributed by atoms with Crippen LogP contribution in [0.5, 0.6) is 0 Å². The fourth-order valence-corrected chi connectivity index (χ4v) is 2.38. The van der Waals surface area contributed by atoms with Crippen LogP contribution in [-0.4, -0.2) is 29.8 Å². The van der Waals surface area contributed by atoms with Crippen LogP contribution in [0, 0.1) is 5.92 Å². The number of rotatable bonds is 9. The molecule has 0 saturated carbocycles. The number of Topliss-reactive ketones (excluding diaryl/α,β-unsaturated/α-hetero) is 1. The maximum absolute atomic E-state index is 12.0. The Labute approximate surface area is 101 Å². The second kappa shape index (κ2) is 8.74. The van der Waals surface area contributed by atoms with Crippen LogP contribution in [0.3, 0.4) is 0 Å². The van der Waals surface area contributed by atoms with Gasteiger partial charge in [-0.3, -0.25) is 9.69 Å². The van der Waals surface area contributed by atoms with Crippen LogP contribution in [0.1, 0.15) is 60.3 Å². The zero-order chi connectivity index (χ0) is 12.6. The summed E-state index contributed by atoms with van der Waals surface area (Å²) in [7, 11) is 0. The molecule has 0 radical (unpaired) electrons. The van der Waals surface area contributed by atoms with Gasteiger partial charge in [-0.2, -0.15) is 0 Å². The standard InChI is InChI=1S/C14H29NO/c1-6-10-12(5)11-13(14(16)7-2)15(8-3)9-4/h12-13H,6-11H2,1-5H3/t12-,13-/m0/s1. The van der Waals surface area contributed by atoms with Crippen LogP contribution in [0.2, 0.25) is 0 Å². The summed E-state index contributed by atoms with van der Waals surface area (Å²) in [6.45, 7) is 12.7. The van der Waals surface area contributed by atoms with Gasteiger partial charge in [0.15, 0.2) is 0 Å². The van der Waals surface area contributed by atoms with E-state index in [0.29, 0.717) is 18.1 Å². The zero-order valence-corrected chi connectivity index (χ0v) is 11.8. The van der Waals surface area contributed by atoms with E-state index in [0.717, 1.165) is 19.5 Å². The van der Waals surface area contributed by atoms with E-state index in [9.17, 15) is 4.79 Å². The number of ketones is 1. The molecule has 0 N–H and O–H groups in total. The van der Waals surface area contributed by atoms with Crippen molar-refractivity contribution >= 4 is 5.78 Å². The lowest BCUT2D eigenvalue weighted by Gasteiger charge is -2.30. The van der Waals surface area contributed by atoms with Crippen molar-refractivity contribution < 1.29 is 4.79 Å². The maximum atomic E-state index is 12.0. The summed E-state index contributed by atoms with van der Waals surface area (Å²) in [4.78, 5) is 14.3. The minimum atomic E-state index is 0.154. The van der Waals surface area contributed by atoms with Crippen molar-refractivity contribution in [1.82, 2.24) is 4.90 Å². The monoisotopic (exact) mass is 227 g/mol. The van der Waals surface area contributed by atoms with Crippen LogP contribution >= 0.6 is 0 Å². The van der Waals surface area contributed by atoms with Crippen LogP contribution in [0.25, 0.3) is 0 Å². The predicted octanol–water partition coefficient (Wildman–Crippen LogP) is 3.50. The molecule has 0 fully saturated rings. The first-order valence-electron chi connectivity index (χ1n) is 6.87. The lowest BCUT2D eigenvalue weighted by Crippen LogP contribution is -2.41. The molecular formula is C14H29NO. The van der Waals surface area contributed by atoms with E-state index < -0.39 is 0 Å². The lowest BCUT2D eigenvalue weighted by atomic mass is 9.93. The number of nitrogens with zero attached hydrogens (tertiary/aromatic N) is 1. The lowest BCUT2D eigenvalue weighted by molar-refractivity contribution is -0.124. The van der Waals surface area contributed by atoms with E-state index in [1.807, 2.05) is 6.92 Å². The van der Waals surface area contributed by atoms with Gasteiger partial charge in [0.25, 0.3) is 0 Å². The molecule has 0 aliphatic rings. The van der Waals surface area contributed by atoms with Crippen LogP contribution < -0.4 is 0 Å². The molecule has 0 bridgehead atoms. The van der Waals surface area contributed by atoms with E-state index in [-0.39, 0.29) is 6.04 Å². The molecule has 0 heterocycles. The minimum absolute atomic E-state index is 0.154. The number of carbonyl (C=O) groups is 1. The summed E-state index contributed by atoms with van der Waals surface area (Å²) in [5.41, 5.74) is 0. The van der Waals surface area contributed by atoms with Crippen molar-refractivity contribution in [1.29, 1.82) is 0 Å². The molecule has 0 rings (SSSR count). The SMILES string of the molecule is CCC[C@H](C)C[C@@H](C(=O)CC)N(CC)CC. The normalized spacial score (nSPS) is 15.1. The Bertz CT molecular complexity index is 187. The average molecular weight is 227 g/mol. The molecule has 0 aliphatic heterocycles. The largest absolute Gasteiger partial charge is 0.298 e. The highest BCUT2D eigenvalue weighted by atomic mass is 16.1. The van der Waals surface area contributed by atoms with Gasteiger partial charge < -0.3 is 0 Å². The van der Waals surface area contributed by atoms with E-state index in [1.54, 1.807) is 0 Å². The Morgan fingerprint density at radius 1 is 1.12 bits per heavy atom. The minimum Gasteiger partial charge on any atom is -0.298 e. The molecule has 2 heteroatoms. The van der Waals surface area contributed by atoms with E-state index in [2.05, 4.69) is 32.6 Å². The second-order valence-corrected chi connectivity index (χ2v) is 4.69. The van der Waals surface area contributed by atoms with E-state index in [1.165, 1.54) is 12.8 Å². The molecule has 16 heavy (non-hydrogen) atoms. The van der Waals surface area contributed by atoms with Crippen LogP contribution in [-0.2, 0) is 4.79 Å². The highest BCUT2D eigenvalue weighted by Crippen LogP contribution is 2.18. The summed E-state index contributed by atoms with van der Waals surface area (Å²) < 4.78 is 0. The first-order valence-corrected chi connectivity index (χ1v) is 6.87. The fraction of sp³-hybridized carbons (Fsp3) is 0.929. The summed E-state index contributed by atoms with van der Waals surface area (Å²) in [5, 5.41) is 0. The number of hydrogen-bond donors (Lipinski definition) is 0. The van der Waals surface area contributed by atoms with Crippen molar-refractivity contribution in [2.45, 2.75) is 66.3 Å². The van der Waals surface area contributed by atoms with Crippen molar-refractivity contribution in [3.8, 4) is 0 Å². The molecule has 0 aromatic heterocycles. The zero-order valence-electron chi connectivity index (χ0n) is 11.8. The maximum Gasteiger partial charge on any atom is 0.149 e. The van der Waals surface area contributed by atoms with Gasteiger partial charge >= 0.3 is 0 Å². The average Bonchev–Trinajstić information content (AvgIpc) is 2.28. The third-order valence-corrected chi connectivity index (χ3v) is 3.38. The highest BCUT2D eigenvalue weighted by molar-refractivity contribution is 5.83. The van der Waals surface area contributed by atoms with Gasteiger partial charge in [0, 0.05) is 6.42 Å². The van der Waals surface area contributed by atoms with Crippen LogP contribution in [0.4, 0.5) is 0 Å². The Balaban J connectivity index is 4.47. The highest BCUT2D eigenvalue weighted by Gasteiger charge is 2.23. The van der Waals surface area contributed by atoms with Gasteiger partial charge in [-0.1, -0.05) is 47.5 Å². The Morgan fingerprint density at radius 3 is 2.06 bits per heavy atom. The predicted molar refractivity (Wildman–Crippen MR) is 70.7 cm³/mol. The molecule has 0 aliphatic carbocycles. The molecule has 96 valence electrons. The van der Waals surface area contributed by atoms with E-state index >= 15 is 0 Å². The first kappa shape index (κ1) is 15.6. The quantitative estimate of drug-likeness (QED) is 0.601. The van der Waals surface area contributed by atoms with Gasteiger partial charge in [0.05, 0.1) is 6.04 Å². The summed E-state index contributed by atoms with van der Waals surface area (Å²) >= 11 is 0. The summed E-state index contributed by atoms with van der Waals surface area (Å²) in [6.07, 6.45) is 4.14. The van der Waals surface area contributed by atoms with Crippen molar-refractivity contribution in [3.05, 3.63) is 0 Å². The number of hydrogen-bond acceptors (Lipinski definition) is 2. The topological polar surface area (TPSA) is 20.3 Å². The van der Waals surface area contributed by atoms with Crippen molar-refractivity contribution in [3.63, 3.8) is 0 Å².